The Labute approximate surface area is 112 Å². The highest BCUT2D eigenvalue weighted by Gasteiger charge is 2.30. The SMILES string of the molecule is O=CC1CCCN(S(=O)(=O)c2cccc(Cl)c2)C1. The van der Waals surface area contributed by atoms with Crippen LogP contribution in [0.15, 0.2) is 29.2 Å². The second kappa shape index (κ2) is 5.38. The largest absolute Gasteiger partial charge is 0.303 e. The van der Waals surface area contributed by atoms with Crippen LogP contribution in [0.5, 0.6) is 0 Å². The Hall–Kier alpha value is -0.910. The Morgan fingerprint density at radius 1 is 1.39 bits per heavy atom. The Balaban J connectivity index is 2.28. The molecule has 1 aromatic rings. The minimum atomic E-state index is -3.54. The molecule has 6 heteroatoms. The summed E-state index contributed by atoms with van der Waals surface area (Å²) in [6.07, 6.45) is 2.30. The van der Waals surface area contributed by atoms with Gasteiger partial charge >= 0.3 is 0 Å². The summed E-state index contributed by atoms with van der Waals surface area (Å²) in [4.78, 5) is 11.0. The van der Waals surface area contributed by atoms with Crippen LogP contribution in [0.3, 0.4) is 0 Å². The molecule has 2 rings (SSSR count). The van der Waals surface area contributed by atoms with Crippen LogP contribution in [0.25, 0.3) is 0 Å². The number of halogens is 1. The maximum absolute atomic E-state index is 12.4. The van der Waals surface area contributed by atoms with Crippen molar-refractivity contribution in [2.45, 2.75) is 17.7 Å². The summed E-state index contributed by atoms with van der Waals surface area (Å²) in [6.45, 7) is 0.720. The van der Waals surface area contributed by atoms with Crippen molar-refractivity contribution in [3.05, 3.63) is 29.3 Å². The average Bonchev–Trinajstić information content (AvgIpc) is 2.39. The van der Waals surface area contributed by atoms with Crippen molar-refractivity contribution >= 4 is 27.9 Å². The summed E-state index contributed by atoms with van der Waals surface area (Å²) < 4.78 is 26.1. The third kappa shape index (κ3) is 2.74. The first kappa shape index (κ1) is 13.5. The molecular formula is C12H14ClNO3S. The molecule has 1 aromatic carbocycles. The zero-order valence-corrected chi connectivity index (χ0v) is 11.3. The number of rotatable bonds is 3. The minimum Gasteiger partial charge on any atom is -0.303 e. The highest BCUT2D eigenvalue weighted by molar-refractivity contribution is 7.89. The molecule has 0 spiro atoms. The second-order valence-corrected chi connectivity index (χ2v) is 6.73. The van der Waals surface area contributed by atoms with E-state index in [-0.39, 0.29) is 17.4 Å². The van der Waals surface area contributed by atoms with Crippen molar-refractivity contribution in [3.8, 4) is 0 Å². The number of hydrogen-bond donors (Lipinski definition) is 0. The van der Waals surface area contributed by atoms with Gasteiger partial charge in [-0.05, 0) is 31.0 Å². The van der Waals surface area contributed by atoms with E-state index in [1.165, 1.54) is 16.4 Å². The topological polar surface area (TPSA) is 54.5 Å². The fourth-order valence-electron chi connectivity index (χ4n) is 2.08. The van der Waals surface area contributed by atoms with Crippen LogP contribution in [0.1, 0.15) is 12.8 Å². The van der Waals surface area contributed by atoms with Gasteiger partial charge < -0.3 is 4.79 Å². The Bertz CT molecular complexity index is 544. The first-order valence-corrected chi connectivity index (χ1v) is 7.57. The molecule has 0 saturated carbocycles. The predicted octanol–water partition coefficient (Wildman–Crippen LogP) is 1.94. The summed E-state index contributed by atoms with van der Waals surface area (Å²) in [7, 11) is -3.54. The molecule has 4 nitrogen and oxygen atoms in total. The van der Waals surface area contributed by atoms with E-state index < -0.39 is 10.0 Å². The molecule has 1 fully saturated rings. The number of aldehydes is 1. The number of nitrogens with zero attached hydrogens (tertiary/aromatic N) is 1. The fraction of sp³-hybridized carbons (Fsp3) is 0.417. The quantitative estimate of drug-likeness (QED) is 0.798. The number of sulfonamides is 1. The van der Waals surface area contributed by atoms with Gasteiger partial charge in [0, 0.05) is 24.0 Å². The van der Waals surface area contributed by atoms with Gasteiger partial charge in [0.1, 0.15) is 6.29 Å². The number of carbonyl (C=O) groups is 1. The molecule has 1 heterocycles. The standard InChI is InChI=1S/C12H14ClNO3S/c13-11-4-1-5-12(7-11)18(16,17)14-6-2-3-10(8-14)9-15/h1,4-5,7,9-10H,2-3,6,8H2. The van der Waals surface area contributed by atoms with E-state index in [0.29, 0.717) is 18.0 Å². The molecule has 0 N–H and O–H groups in total. The molecule has 0 amide bonds. The van der Waals surface area contributed by atoms with Gasteiger partial charge in [-0.1, -0.05) is 17.7 Å². The zero-order valence-electron chi connectivity index (χ0n) is 9.75. The average molecular weight is 288 g/mol. The molecule has 0 radical (unpaired) electrons. The zero-order chi connectivity index (χ0) is 13.2. The summed E-state index contributed by atoms with van der Waals surface area (Å²) in [5, 5.41) is 0.389. The van der Waals surface area contributed by atoms with Gasteiger partial charge in [-0.15, -0.1) is 0 Å². The van der Waals surface area contributed by atoms with Crippen LogP contribution in [0, 0.1) is 5.92 Å². The maximum Gasteiger partial charge on any atom is 0.243 e. The van der Waals surface area contributed by atoms with Crippen LogP contribution in [0.2, 0.25) is 5.02 Å². The summed E-state index contributed by atoms with van der Waals surface area (Å²) >= 11 is 5.81. The normalized spacial score (nSPS) is 21.7. The Morgan fingerprint density at radius 3 is 2.83 bits per heavy atom. The first-order chi connectivity index (χ1) is 8.54. The van der Waals surface area contributed by atoms with E-state index in [1.807, 2.05) is 0 Å². The highest BCUT2D eigenvalue weighted by Crippen LogP contribution is 2.24. The van der Waals surface area contributed by atoms with Crippen molar-refractivity contribution in [2.24, 2.45) is 5.92 Å². The Morgan fingerprint density at radius 2 is 2.17 bits per heavy atom. The van der Waals surface area contributed by atoms with Gasteiger partial charge in [0.25, 0.3) is 0 Å². The molecule has 1 unspecified atom stereocenters. The van der Waals surface area contributed by atoms with Crippen LogP contribution in [0.4, 0.5) is 0 Å². The van der Waals surface area contributed by atoms with E-state index in [4.69, 9.17) is 11.6 Å². The summed E-state index contributed by atoms with van der Waals surface area (Å²) in [6, 6.07) is 6.19. The van der Waals surface area contributed by atoms with Crippen molar-refractivity contribution in [1.29, 1.82) is 0 Å². The molecule has 0 bridgehead atoms. The van der Waals surface area contributed by atoms with E-state index >= 15 is 0 Å². The Kier molecular flexibility index (Phi) is 4.04. The summed E-state index contributed by atoms with van der Waals surface area (Å²) in [5.74, 6) is -0.201. The molecule has 98 valence electrons. The van der Waals surface area contributed by atoms with Gasteiger partial charge in [-0.25, -0.2) is 8.42 Å². The molecule has 0 aliphatic carbocycles. The molecule has 1 saturated heterocycles. The molecule has 1 aliphatic heterocycles. The van der Waals surface area contributed by atoms with E-state index in [0.717, 1.165) is 12.7 Å². The predicted molar refractivity (Wildman–Crippen MR) is 69.0 cm³/mol. The smallest absolute Gasteiger partial charge is 0.243 e. The van der Waals surface area contributed by atoms with Crippen molar-refractivity contribution in [1.82, 2.24) is 4.31 Å². The summed E-state index contributed by atoms with van der Waals surface area (Å²) in [5.41, 5.74) is 0. The van der Waals surface area contributed by atoms with Gasteiger partial charge in [0.05, 0.1) is 4.90 Å². The number of piperidine rings is 1. The van der Waals surface area contributed by atoms with Gasteiger partial charge in [-0.2, -0.15) is 4.31 Å². The number of hydrogen-bond acceptors (Lipinski definition) is 3. The molecule has 1 aliphatic rings. The van der Waals surface area contributed by atoms with Gasteiger partial charge in [0.2, 0.25) is 10.0 Å². The van der Waals surface area contributed by atoms with Crippen molar-refractivity contribution in [3.63, 3.8) is 0 Å². The third-order valence-corrected chi connectivity index (χ3v) is 5.14. The van der Waals surface area contributed by atoms with Crippen LogP contribution >= 0.6 is 11.6 Å². The second-order valence-electron chi connectivity index (χ2n) is 4.36. The lowest BCUT2D eigenvalue weighted by atomic mass is 10.0. The minimum absolute atomic E-state index is 0.182. The lowest BCUT2D eigenvalue weighted by Crippen LogP contribution is -2.40. The lowest BCUT2D eigenvalue weighted by molar-refractivity contribution is -0.112. The monoisotopic (exact) mass is 287 g/mol. The van der Waals surface area contributed by atoms with Crippen molar-refractivity contribution in [2.75, 3.05) is 13.1 Å². The highest BCUT2D eigenvalue weighted by atomic mass is 35.5. The molecular weight excluding hydrogens is 274 g/mol. The molecule has 0 aromatic heterocycles. The van der Waals surface area contributed by atoms with E-state index in [2.05, 4.69) is 0 Å². The molecule has 1 atom stereocenters. The van der Waals surface area contributed by atoms with Crippen molar-refractivity contribution < 1.29 is 13.2 Å². The maximum atomic E-state index is 12.4. The fourth-order valence-corrected chi connectivity index (χ4v) is 3.92. The van der Waals surface area contributed by atoms with Crippen LogP contribution in [-0.4, -0.2) is 32.1 Å². The lowest BCUT2D eigenvalue weighted by Gasteiger charge is -2.29. The van der Waals surface area contributed by atoms with Crippen LogP contribution in [-0.2, 0) is 14.8 Å². The first-order valence-electron chi connectivity index (χ1n) is 5.75. The molecule has 18 heavy (non-hydrogen) atoms. The van der Waals surface area contributed by atoms with Gasteiger partial charge in [-0.3, -0.25) is 0 Å². The van der Waals surface area contributed by atoms with Crippen LogP contribution < -0.4 is 0 Å². The third-order valence-electron chi connectivity index (χ3n) is 3.05. The number of benzene rings is 1. The van der Waals surface area contributed by atoms with E-state index in [1.54, 1.807) is 12.1 Å². The number of carbonyl (C=O) groups excluding carboxylic acids is 1. The van der Waals surface area contributed by atoms with Gasteiger partial charge in [0.15, 0.2) is 0 Å². The van der Waals surface area contributed by atoms with E-state index in [9.17, 15) is 13.2 Å².